The van der Waals surface area contributed by atoms with Crippen molar-refractivity contribution in [3.8, 4) is 0 Å². The van der Waals surface area contributed by atoms with Crippen molar-refractivity contribution in [2.45, 2.75) is 32.4 Å². The first-order valence-corrected chi connectivity index (χ1v) is 10.4. The number of H-pyrrole nitrogens is 1. The molecule has 2 aromatic carbocycles. The van der Waals surface area contributed by atoms with E-state index in [0.717, 1.165) is 18.4 Å². The van der Waals surface area contributed by atoms with Gasteiger partial charge in [0.25, 0.3) is 5.91 Å². The zero-order valence-electron chi connectivity index (χ0n) is 17.0. The predicted molar refractivity (Wildman–Crippen MR) is 119 cm³/mol. The molecule has 5 heteroatoms. The van der Waals surface area contributed by atoms with Crippen LogP contribution in [0, 0.1) is 0 Å². The number of furan rings is 1. The van der Waals surface area contributed by atoms with Gasteiger partial charge in [-0.05, 0) is 49.1 Å². The molecule has 1 aliphatic rings. The average Bonchev–Trinajstić information content (AvgIpc) is 3.47. The Balaban J connectivity index is 1.25. The number of nitrogens with one attached hydrogen (secondary N) is 2. The first-order valence-electron chi connectivity index (χ1n) is 10.4. The number of aromatic amines is 1. The highest BCUT2D eigenvalue weighted by Gasteiger charge is 2.27. The fraction of sp³-hybridized carbons (Fsp3) is 0.240. The number of amides is 1. The molecule has 4 aromatic rings. The van der Waals surface area contributed by atoms with E-state index in [1.807, 2.05) is 18.3 Å². The molecule has 0 radical (unpaired) electrons. The maximum atomic E-state index is 12.8. The van der Waals surface area contributed by atoms with Crippen LogP contribution in [-0.4, -0.2) is 23.5 Å². The number of carbonyl (C=O) groups is 1. The zero-order valence-corrected chi connectivity index (χ0v) is 17.0. The van der Waals surface area contributed by atoms with Crippen LogP contribution in [0.25, 0.3) is 10.9 Å². The van der Waals surface area contributed by atoms with Gasteiger partial charge in [0.2, 0.25) is 0 Å². The van der Waals surface area contributed by atoms with Crippen molar-refractivity contribution in [1.82, 2.24) is 10.3 Å². The molecule has 1 atom stereocenters. The highest BCUT2D eigenvalue weighted by molar-refractivity contribution is 5.95. The van der Waals surface area contributed by atoms with E-state index in [2.05, 4.69) is 58.5 Å². The molecule has 30 heavy (non-hydrogen) atoms. The summed E-state index contributed by atoms with van der Waals surface area (Å²) >= 11 is 0. The first kappa shape index (κ1) is 18.6. The van der Waals surface area contributed by atoms with Crippen molar-refractivity contribution in [1.29, 1.82) is 0 Å². The summed E-state index contributed by atoms with van der Waals surface area (Å²) in [5.74, 6) is 0.627. The number of nitrogens with zero attached hydrogens (tertiary/aromatic N) is 1. The van der Waals surface area contributed by atoms with Crippen molar-refractivity contribution in [3.63, 3.8) is 0 Å². The van der Waals surface area contributed by atoms with Gasteiger partial charge in [-0.3, -0.25) is 4.79 Å². The van der Waals surface area contributed by atoms with Gasteiger partial charge in [0.1, 0.15) is 5.76 Å². The van der Waals surface area contributed by atoms with Gasteiger partial charge in [0.15, 0.2) is 0 Å². The molecule has 2 aromatic heterocycles. The lowest BCUT2D eigenvalue weighted by atomic mass is 10.1. The molecule has 152 valence electrons. The number of aromatic nitrogens is 1. The lowest BCUT2D eigenvalue weighted by Crippen LogP contribution is -2.31. The third kappa shape index (κ3) is 3.36. The quantitative estimate of drug-likeness (QED) is 0.495. The molecule has 5 rings (SSSR count). The Bertz CT molecular complexity index is 1190. The normalized spacial score (nSPS) is 15.5. The second-order valence-electron chi connectivity index (χ2n) is 7.93. The summed E-state index contributed by atoms with van der Waals surface area (Å²) < 4.78 is 5.71. The third-order valence-corrected chi connectivity index (χ3v) is 6.01. The molecule has 1 amide bonds. The Morgan fingerprint density at radius 2 is 2.00 bits per heavy atom. The molecule has 2 N–H and O–H groups in total. The van der Waals surface area contributed by atoms with Gasteiger partial charge in [-0.2, -0.15) is 0 Å². The number of fused-ring (bicyclic) bond motifs is 2. The summed E-state index contributed by atoms with van der Waals surface area (Å²) in [7, 11) is 0. The Morgan fingerprint density at radius 3 is 2.93 bits per heavy atom. The van der Waals surface area contributed by atoms with Gasteiger partial charge < -0.3 is 19.6 Å². The fourth-order valence-electron chi connectivity index (χ4n) is 4.44. The minimum absolute atomic E-state index is 0.0845. The second kappa shape index (κ2) is 7.75. The van der Waals surface area contributed by atoms with Gasteiger partial charge >= 0.3 is 0 Å². The molecule has 1 aliphatic heterocycles. The molecule has 0 fully saturated rings. The van der Waals surface area contributed by atoms with Gasteiger partial charge in [0, 0.05) is 35.4 Å². The molecule has 0 aliphatic carbocycles. The number of hydrogen-bond donors (Lipinski definition) is 2. The highest BCUT2D eigenvalue weighted by atomic mass is 16.3. The minimum atomic E-state index is -0.0845. The number of carbonyl (C=O) groups excluding carboxylic acids is 1. The molecule has 0 saturated heterocycles. The van der Waals surface area contributed by atoms with Crippen LogP contribution in [0.2, 0.25) is 0 Å². The molecule has 0 saturated carbocycles. The van der Waals surface area contributed by atoms with E-state index in [0.29, 0.717) is 30.5 Å². The Kier molecular flexibility index (Phi) is 4.79. The van der Waals surface area contributed by atoms with Gasteiger partial charge in [0.05, 0.1) is 18.4 Å². The van der Waals surface area contributed by atoms with Crippen LogP contribution < -0.4 is 10.2 Å². The largest absolute Gasteiger partial charge is 0.467 e. The van der Waals surface area contributed by atoms with E-state index in [1.165, 1.54) is 22.2 Å². The standard InChI is InChI=1S/C25H25N3O2/c1-17-14-18-6-2-5-9-23(18)28(17)16-24-21(11-13-30-24)25(29)26-12-10-19-15-27-22-8-4-3-7-20(19)22/h2-9,11,13,15,17,27H,10,12,14,16H2,1H3,(H,26,29). The van der Waals surface area contributed by atoms with Gasteiger partial charge in [-0.25, -0.2) is 0 Å². The van der Waals surface area contributed by atoms with E-state index in [4.69, 9.17) is 4.42 Å². The monoisotopic (exact) mass is 399 g/mol. The van der Waals surface area contributed by atoms with E-state index < -0.39 is 0 Å². The number of rotatable bonds is 6. The maximum Gasteiger partial charge on any atom is 0.254 e. The third-order valence-electron chi connectivity index (χ3n) is 6.01. The smallest absolute Gasteiger partial charge is 0.254 e. The predicted octanol–water partition coefficient (Wildman–Crippen LogP) is 4.68. The van der Waals surface area contributed by atoms with Crippen molar-refractivity contribution >= 4 is 22.5 Å². The summed E-state index contributed by atoms with van der Waals surface area (Å²) in [5.41, 5.74) is 5.52. The molecule has 3 heterocycles. The van der Waals surface area contributed by atoms with E-state index in [-0.39, 0.29) is 5.91 Å². The van der Waals surface area contributed by atoms with Gasteiger partial charge in [-0.15, -0.1) is 0 Å². The second-order valence-corrected chi connectivity index (χ2v) is 7.93. The summed E-state index contributed by atoms with van der Waals surface area (Å²) in [6.07, 6.45) is 5.42. The summed E-state index contributed by atoms with van der Waals surface area (Å²) in [6.45, 7) is 3.38. The molecular weight excluding hydrogens is 374 g/mol. The topological polar surface area (TPSA) is 61.3 Å². The van der Waals surface area contributed by atoms with Gasteiger partial charge in [-0.1, -0.05) is 36.4 Å². The van der Waals surface area contributed by atoms with Crippen LogP contribution in [0.3, 0.4) is 0 Å². The van der Waals surface area contributed by atoms with E-state index in [9.17, 15) is 4.79 Å². The van der Waals surface area contributed by atoms with Crippen LogP contribution in [-0.2, 0) is 19.4 Å². The lowest BCUT2D eigenvalue weighted by Gasteiger charge is -2.24. The Labute approximate surface area is 175 Å². The minimum Gasteiger partial charge on any atom is -0.467 e. The van der Waals surface area contributed by atoms with Crippen molar-refractivity contribution in [3.05, 3.63) is 89.5 Å². The lowest BCUT2D eigenvalue weighted by molar-refractivity contribution is 0.0952. The summed E-state index contributed by atoms with van der Waals surface area (Å²) in [6, 6.07) is 18.8. The van der Waals surface area contributed by atoms with Crippen molar-refractivity contribution < 1.29 is 9.21 Å². The highest BCUT2D eigenvalue weighted by Crippen LogP contribution is 2.33. The van der Waals surface area contributed by atoms with Crippen LogP contribution >= 0.6 is 0 Å². The molecular formula is C25H25N3O2. The van der Waals surface area contributed by atoms with E-state index >= 15 is 0 Å². The summed E-state index contributed by atoms with van der Waals surface area (Å²) in [5, 5.41) is 4.26. The average molecular weight is 399 g/mol. The van der Waals surface area contributed by atoms with Crippen LogP contribution in [0.4, 0.5) is 5.69 Å². The van der Waals surface area contributed by atoms with Crippen LogP contribution in [0.5, 0.6) is 0 Å². The number of benzene rings is 2. The van der Waals surface area contributed by atoms with Crippen LogP contribution in [0.1, 0.15) is 34.2 Å². The molecule has 0 spiro atoms. The Hall–Kier alpha value is -3.47. The number of hydrogen-bond acceptors (Lipinski definition) is 3. The summed E-state index contributed by atoms with van der Waals surface area (Å²) in [4.78, 5) is 18.4. The van der Waals surface area contributed by atoms with Crippen molar-refractivity contribution in [2.75, 3.05) is 11.4 Å². The zero-order chi connectivity index (χ0) is 20.5. The molecule has 5 nitrogen and oxygen atoms in total. The molecule has 0 bridgehead atoms. The first-order chi connectivity index (χ1) is 14.7. The Morgan fingerprint density at radius 1 is 1.17 bits per heavy atom. The number of para-hydroxylation sites is 2. The SMILES string of the molecule is CC1Cc2ccccc2N1Cc1occc1C(=O)NCCc1c[nH]c2ccccc12. The van der Waals surface area contributed by atoms with Crippen molar-refractivity contribution in [2.24, 2.45) is 0 Å². The number of anilines is 1. The van der Waals surface area contributed by atoms with Crippen LogP contribution in [0.15, 0.2) is 71.5 Å². The molecule has 1 unspecified atom stereocenters. The van der Waals surface area contributed by atoms with E-state index in [1.54, 1.807) is 12.3 Å². The maximum absolute atomic E-state index is 12.8. The fourth-order valence-corrected chi connectivity index (χ4v) is 4.44.